The summed E-state index contributed by atoms with van der Waals surface area (Å²) in [4.78, 5) is 22.6. The molecule has 0 saturated carbocycles. The van der Waals surface area contributed by atoms with E-state index in [2.05, 4.69) is 10.3 Å². The van der Waals surface area contributed by atoms with Gasteiger partial charge in [0.2, 0.25) is 20.7 Å². The molecule has 0 unspecified atom stereocenters. The number of sulfone groups is 1. The van der Waals surface area contributed by atoms with Crippen molar-refractivity contribution >= 4 is 32.2 Å². The number of ketones is 2. The predicted molar refractivity (Wildman–Crippen MR) is 72.1 cm³/mol. The van der Waals surface area contributed by atoms with Gasteiger partial charge in [0.25, 0.3) is 0 Å². The fraction of sp³-hybridized carbons (Fsp3) is 0.636. The summed E-state index contributed by atoms with van der Waals surface area (Å²) in [6.45, 7) is 3.24. The molecule has 2 N–H and O–H groups in total. The summed E-state index contributed by atoms with van der Waals surface area (Å²) in [6, 6.07) is 0. The lowest BCUT2D eigenvalue weighted by Gasteiger charge is -2.06. The zero-order chi connectivity index (χ0) is 15.8. The third-order valence-corrected chi connectivity index (χ3v) is 4.21. The second-order valence-corrected chi connectivity index (χ2v) is 6.03. The lowest BCUT2D eigenvalue weighted by Crippen LogP contribution is -2.30. The van der Waals surface area contributed by atoms with Gasteiger partial charge in [-0.2, -0.15) is 0 Å². The molecule has 0 aliphatic carbocycles. The summed E-state index contributed by atoms with van der Waals surface area (Å²) in [5.41, 5.74) is -0.643. The van der Waals surface area contributed by atoms with Gasteiger partial charge in [-0.3, -0.25) is 9.59 Å². The Labute approximate surface area is 117 Å². The number of hydrogen-bond donors (Lipinski definition) is 2. The van der Waals surface area contributed by atoms with Crippen molar-refractivity contribution in [3.63, 3.8) is 0 Å². The van der Waals surface area contributed by atoms with Gasteiger partial charge in [0.1, 0.15) is 5.71 Å². The Hall–Kier alpha value is -1.77. The molecule has 0 bridgehead atoms. The highest BCUT2D eigenvalue weighted by Gasteiger charge is 2.29. The van der Waals surface area contributed by atoms with Crippen molar-refractivity contribution in [3.05, 3.63) is 0 Å². The summed E-state index contributed by atoms with van der Waals surface area (Å²) < 4.78 is 23.7. The van der Waals surface area contributed by atoms with Gasteiger partial charge >= 0.3 is 0 Å². The van der Waals surface area contributed by atoms with Gasteiger partial charge in [0.05, 0.1) is 12.2 Å². The molecule has 0 radical (unpaired) electrons. The number of oxime groups is 2. The third-order valence-electron chi connectivity index (χ3n) is 2.48. The first kappa shape index (κ1) is 18.2. The topological polar surface area (TPSA) is 133 Å². The molecule has 0 amide bonds. The molecule has 114 valence electrons. The van der Waals surface area contributed by atoms with Crippen LogP contribution in [-0.2, 0) is 19.4 Å². The van der Waals surface area contributed by atoms with Crippen molar-refractivity contribution in [1.82, 2.24) is 0 Å². The molecule has 9 heteroatoms. The average Bonchev–Trinajstić information content (AvgIpc) is 2.43. The molecule has 0 aromatic carbocycles. The molecular weight excluding hydrogens is 288 g/mol. The van der Waals surface area contributed by atoms with Gasteiger partial charge < -0.3 is 10.4 Å². The molecule has 0 atom stereocenters. The first-order chi connectivity index (χ1) is 9.33. The van der Waals surface area contributed by atoms with Crippen molar-refractivity contribution in [2.45, 2.75) is 39.5 Å². The number of unbranched alkanes of at least 4 members (excludes halogenated alkanes) is 1. The maximum absolute atomic E-state index is 11.9. The fourth-order valence-corrected chi connectivity index (χ4v) is 2.79. The Kier molecular flexibility index (Phi) is 7.67. The minimum Gasteiger partial charge on any atom is -0.411 e. The first-order valence-corrected chi connectivity index (χ1v) is 7.71. The zero-order valence-corrected chi connectivity index (χ0v) is 12.2. The van der Waals surface area contributed by atoms with E-state index >= 15 is 0 Å². The molecule has 0 aromatic rings. The Morgan fingerprint density at radius 3 is 2.05 bits per heavy atom. The van der Waals surface area contributed by atoms with E-state index in [1.807, 2.05) is 0 Å². The summed E-state index contributed by atoms with van der Waals surface area (Å²) in [7, 11) is -3.98. The summed E-state index contributed by atoms with van der Waals surface area (Å²) in [5.74, 6) is -1.95. The first-order valence-electron chi connectivity index (χ1n) is 6.06. The maximum atomic E-state index is 11.9. The van der Waals surface area contributed by atoms with E-state index in [0.717, 1.165) is 0 Å². The minimum absolute atomic E-state index is 0.0499. The third kappa shape index (κ3) is 5.08. The molecule has 8 nitrogen and oxygen atoms in total. The molecule has 0 heterocycles. The predicted octanol–water partition coefficient (Wildman–Crippen LogP) is 0.757. The smallest absolute Gasteiger partial charge is 0.219 e. The fourth-order valence-electron chi connectivity index (χ4n) is 1.33. The quantitative estimate of drug-likeness (QED) is 0.223. The normalized spacial score (nSPS) is 13.3. The zero-order valence-electron chi connectivity index (χ0n) is 11.4. The van der Waals surface area contributed by atoms with Crippen molar-refractivity contribution in [3.8, 4) is 0 Å². The molecule has 0 aliphatic rings. The Bertz CT molecular complexity index is 521. The Morgan fingerprint density at radius 1 is 1.05 bits per heavy atom. The SMILES string of the molecule is CCCCS(=O)(=O)C(=N\O)/C(CC(=O)C(=O)CC)=N/O. The Balaban J connectivity index is 5.23. The van der Waals surface area contributed by atoms with Gasteiger partial charge in [-0.15, -0.1) is 0 Å². The number of carbonyl (C=O) groups is 2. The van der Waals surface area contributed by atoms with Crippen molar-refractivity contribution in [1.29, 1.82) is 0 Å². The van der Waals surface area contributed by atoms with E-state index in [9.17, 15) is 18.0 Å². The molecule has 0 rings (SSSR count). The Morgan fingerprint density at radius 2 is 1.65 bits per heavy atom. The van der Waals surface area contributed by atoms with Crippen LogP contribution in [0.4, 0.5) is 0 Å². The lowest BCUT2D eigenvalue weighted by molar-refractivity contribution is -0.135. The van der Waals surface area contributed by atoms with Crippen LogP contribution in [0.1, 0.15) is 39.5 Å². The summed E-state index contributed by atoms with van der Waals surface area (Å²) in [6.07, 6.45) is 0.137. The van der Waals surface area contributed by atoms with Crippen LogP contribution in [-0.4, -0.2) is 46.9 Å². The van der Waals surface area contributed by atoms with Gasteiger partial charge in [-0.05, 0) is 6.42 Å². The van der Waals surface area contributed by atoms with Crippen molar-refractivity contribution < 1.29 is 28.4 Å². The number of carbonyl (C=O) groups excluding carboxylic acids is 2. The van der Waals surface area contributed by atoms with Crippen LogP contribution < -0.4 is 0 Å². The van der Waals surface area contributed by atoms with Crippen LogP contribution in [0, 0.1) is 0 Å². The van der Waals surface area contributed by atoms with E-state index in [1.54, 1.807) is 6.92 Å². The van der Waals surface area contributed by atoms with E-state index in [1.165, 1.54) is 6.92 Å². The number of Topliss-reactive ketones (excluding diaryl/α,β-unsaturated/α-hetero) is 2. The van der Waals surface area contributed by atoms with Gasteiger partial charge in [-0.1, -0.05) is 30.6 Å². The van der Waals surface area contributed by atoms with Crippen molar-refractivity contribution in [2.24, 2.45) is 10.3 Å². The molecule has 0 aliphatic heterocycles. The van der Waals surface area contributed by atoms with E-state index in [-0.39, 0.29) is 12.2 Å². The molecule has 20 heavy (non-hydrogen) atoms. The highest BCUT2D eigenvalue weighted by atomic mass is 32.2. The standard InChI is InChI=1S/C11H18N2O6S/c1-3-5-6-20(18,19)11(13-17)8(12-16)7-10(15)9(14)4-2/h16-17H,3-7H2,1-2H3/b12-8+,13-11-. The maximum Gasteiger partial charge on any atom is 0.219 e. The van der Waals surface area contributed by atoms with Crippen LogP contribution in [0.2, 0.25) is 0 Å². The second-order valence-electron chi connectivity index (χ2n) is 4.00. The van der Waals surface area contributed by atoms with Gasteiger partial charge in [0, 0.05) is 6.42 Å². The lowest BCUT2D eigenvalue weighted by atomic mass is 10.1. The highest BCUT2D eigenvalue weighted by molar-refractivity contribution is 8.08. The van der Waals surface area contributed by atoms with E-state index in [0.29, 0.717) is 12.8 Å². The minimum atomic E-state index is -3.98. The van der Waals surface area contributed by atoms with Gasteiger partial charge in [0.15, 0.2) is 5.78 Å². The van der Waals surface area contributed by atoms with Crippen LogP contribution in [0.15, 0.2) is 10.3 Å². The van der Waals surface area contributed by atoms with E-state index in [4.69, 9.17) is 10.4 Å². The molecule has 0 aromatic heterocycles. The summed E-state index contributed by atoms with van der Waals surface area (Å²) >= 11 is 0. The van der Waals surface area contributed by atoms with Gasteiger partial charge in [-0.25, -0.2) is 8.42 Å². The van der Waals surface area contributed by atoms with Crippen LogP contribution in [0.25, 0.3) is 0 Å². The molecule has 0 saturated heterocycles. The largest absolute Gasteiger partial charge is 0.411 e. The molecule has 0 fully saturated rings. The summed E-state index contributed by atoms with van der Waals surface area (Å²) in [5, 5.41) is 22.0. The number of hydrogen-bond acceptors (Lipinski definition) is 8. The monoisotopic (exact) mass is 306 g/mol. The van der Waals surface area contributed by atoms with Crippen LogP contribution in [0.5, 0.6) is 0 Å². The van der Waals surface area contributed by atoms with E-state index < -0.39 is 38.6 Å². The second kappa shape index (κ2) is 8.41. The number of nitrogens with zero attached hydrogens (tertiary/aromatic N) is 2. The average molecular weight is 306 g/mol. The van der Waals surface area contributed by atoms with Crippen LogP contribution >= 0.6 is 0 Å². The number of rotatable bonds is 8. The van der Waals surface area contributed by atoms with Crippen molar-refractivity contribution in [2.75, 3.05) is 5.75 Å². The van der Waals surface area contributed by atoms with Crippen LogP contribution in [0.3, 0.4) is 0 Å². The highest BCUT2D eigenvalue weighted by Crippen LogP contribution is 2.06. The molecular formula is C11H18N2O6S. The molecule has 0 spiro atoms.